The lowest BCUT2D eigenvalue weighted by Gasteiger charge is -2.55. The summed E-state index contributed by atoms with van der Waals surface area (Å²) in [5.41, 5.74) is 2.57. The molecule has 0 radical (unpaired) electrons. The van der Waals surface area contributed by atoms with Gasteiger partial charge in [-0.2, -0.15) is 0 Å². The van der Waals surface area contributed by atoms with E-state index in [1.165, 1.54) is 12.0 Å². The molecule has 0 aromatic carbocycles. The topological polar surface area (TPSA) is 32.6 Å². The minimum atomic E-state index is 0.320. The lowest BCUT2D eigenvalue weighted by atomic mass is 9.48. The first-order valence-electron chi connectivity index (χ1n) is 4.47. The highest BCUT2D eigenvalue weighted by atomic mass is 16.4. The minimum absolute atomic E-state index is 0.320. The lowest BCUT2D eigenvalue weighted by molar-refractivity contribution is 0.0446. The standard InChI is InChI=1S/C10H15NO/c1-6-4-9(11-12)8-5-7(6)10(8,2)3/h4,7-8,12H,5H2,1-3H3/b11-9-/t7-,8-/m0/s1. The summed E-state index contributed by atoms with van der Waals surface area (Å²) in [6.45, 7) is 6.65. The van der Waals surface area contributed by atoms with Crippen LogP contribution >= 0.6 is 0 Å². The van der Waals surface area contributed by atoms with Gasteiger partial charge in [-0.25, -0.2) is 0 Å². The number of fused-ring (bicyclic) bond motifs is 1. The molecule has 66 valence electrons. The molecule has 1 fully saturated rings. The van der Waals surface area contributed by atoms with Crippen molar-refractivity contribution in [3.05, 3.63) is 11.6 Å². The Morgan fingerprint density at radius 2 is 2.17 bits per heavy atom. The van der Waals surface area contributed by atoms with Crippen LogP contribution in [0.5, 0.6) is 0 Å². The van der Waals surface area contributed by atoms with E-state index in [0.717, 1.165) is 5.71 Å². The summed E-state index contributed by atoms with van der Waals surface area (Å²) in [7, 11) is 0. The molecule has 0 unspecified atom stereocenters. The molecule has 2 bridgehead atoms. The number of oxime groups is 1. The zero-order chi connectivity index (χ0) is 8.93. The van der Waals surface area contributed by atoms with E-state index in [9.17, 15) is 0 Å². The molecule has 3 aliphatic carbocycles. The number of allylic oxidation sites excluding steroid dienone is 2. The van der Waals surface area contributed by atoms with E-state index in [-0.39, 0.29) is 0 Å². The third kappa shape index (κ3) is 0.728. The molecule has 0 saturated heterocycles. The Morgan fingerprint density at radius 1 is 1.50 bits per heavy atom. The van der Waals surface area contributed by atoms with Gasteiger partial charge in [0.25, 0.3) is 0 Å². The molecule has 3 aliphatic rings. The molecule has 0 spiro atoms. The monoisotopic (exact) mass is 165 g/mol. The van der Waals surface area contributed by atoms with Crippen LogP contribution in [-0.2, 0) is 0 Å². The number of hydrogen-bond acceptors (Lipinski definition) is 2. The first kappa shape index (κ1) is 7.84. The second-order valence-corrected chi connectivity index (χ2v) is 4.58. The third-order valence-corrected chi connectivity index (χ3v) is 3.67. The molecule has 1 N–H and O–H groups in total. The van der Waals surface area contributed by atoms with E-state index in [1.807, 2.05) is 6.08 Å². The van der Waals surface area contributed by atoms with Crippen LogP contribution in [-0.4, -0.2) is 10.9 Å². The SMILES string of the molecule is CC1=C/C(=N/O)[C@@H]2C[C@@H]1C2(C)C. The summed E-state index contributed by atoms with van der Waals surface area (Å²) < 4.78 is 0. The molecule has 0 aromatic heterocycles. The fourth-order valence-corrected chi connectivity index (χ4v) is 2.73. The van der Waals surface area contributed by atoms with Crippen LogP contribution in [0.4, 0.5) is 0 Å². The van der Waals surface area contributed by atoms with Crippen molar-refractivity contribution in [1.82, 2.24) is 0 Å². The summed E-state index contributed by atoms with van der Waals surface area (Å²) >= 11 is 0. The maximum Gasteiger partial charge on any atom is 0.0831 e. The lowest BCUT2D eigenvalue weighted by Crippen LogP contribution is -2.52. The van der Waals surface area contributed by atoms with E-state index in [1.54, 1.807) is 0 Å². The quantitative estimate of drug-likeness (QED) is 0.434. The average molecular weight is 165 g/mol. The predicted molar refractivity (Wildman–Crippen MR) is 48.4 cm³/mol. The Balaban J connectivity index is 2.42. The van der Waals surface area contributed by atoms with Gasteiger partial charge >= 0.3 is 0 Å². The summed E-state index contributed by atoms with van der Waals surface area (Å²) in [4.78, 5) is 0. The van der Waals surface area contributed by atoms with Crippen LogP contribution in [0.3, 0.4) is 0 Å². The normalized spacial score (nSPS) is 40.6. The minimum Gasteiger partial charge on any atom is -0.411 e. The van der Waals surface area contributed by atoms with Crippen molar-refractivity contribution in [2.24, 2.45) is 22.4 Å². The Hall–Kier alpha value is -0.790. The molecule has 0 heterocycles. The second-order valence-electron chi connectivity index (χ2n) is 4.58. The van der Waals surface area contributed by atoms with Gasteiger partial charge in [-0.3, -0.25) is 0 Å². The van der Waals surface area contributed by atoms with Crippen molar-refractivity contribution in [1.29, 1.82) is 0 Å². The van der Waals surface area contributed by atoms with Crippen LogP contribution in [0, 0.1) is 17.3 Å². The van der Waals surface area contributed by atoms with E-state index < -0.39 is 0 Å². The van der Waals surface area contributed by atoms with Gasteiger partial charge in [0.05, 0.1) is 5.71 Å². The number of rotatable bonds is 0. The van der Waals surface area contributed by atoms with Crippen LogP contribution in [0.15, 0.2) is 16.8 Å². The second kappa shape index (κ2) is 2.12. The highest BCUT2D eigenvalue weighted by Gasteiger charge is 2.53. The van der Waals surface area contributed by atoms with Gasteiger partial charge in [0.2, 0.25) is 0 Å². The van der Waals surface area contributed by atoms with Gasteiger partial charge in [-0.15, -0.1) is 0 Å². The third-order valence-electron chi connectivity index (χ3n) is 3.67. The maximum absolute atomic E-state index is 8.78. The molecule has 12 heavy (non-hydrogen) atoms. The molecule has 2 nitrogen and oxygen atoms in total. The first-order chi connectivity index (χ1) is 5.57. The summed E-state index contributed by atoms with van der Waals surface area (Å²) in [5, 5.41) is 12.1. The number of nitrogens with zero attached hydrogens (tertiary/aromatic N) is 1. The van der Waals surface area contributed by atoms with E-state index in [0.29, 0.717) is 17.3 Å². The van der Waals surface area contributed by atoms with Gasteiger partial charge < -0.3 is 5.21 Å². The number of hydrogen-bond donors (Lipinski definition) is 1. The van der Waals surface area contributed by atoms with Crippen molar-refractivity contribution in [3.63, 3.8) is 0 Å². The Kier molecular flexibility index (Phi) is 1.39. The highest BCUT2D eigenvalue weighted by molar-refractivity contribution is 6.00. The van der Waals surface area contributed by atoms with Crippen molar-refractivity contribution < 1.29 is 5.21 Å². The van der Waals surface area contributed by atoms with E-state index >= 15 is 0 Å². The Morgan fingerprint density at radius 3 is 2.58 bits per heavy atom. The Labute approximate surface area is 73.0 Å². The van der Waals surface area contributed by atoms with Gasteiger partial charge in [-0.05, 0) is 30.8 Å². The van der Waals surface area contributed by atoms with Crippen molar-refractivity contribution >= 4 is 5.71 Å². The summed E-state index contributed by atoms with van der Waals surface area (Å²) in [6, 6.07) is 0. The van der Waals surface area contributed by atoms with Crippen molar-refractivity contribution in [3.8, 4) is 0 Å². The van der Waals surface area contributed by atoms with E-state index in [2.05, 4.69) is 25.9 Å². The first-order valence-corrected chi connectivity index (χ1v) is 4.47. The van der Waals surface area contributed by atoms with E-state index in [4.69, 9.17) is 5.21 Å². The fraction of sp³-hybridized carbons (Fsp3) is 0.700. The molecule has 0 amide bonds. The van der Waals surface area contributed by atoms with Crippen LogP contribution in [0.25, 0.3) is 0 Å². The van der Waals surface area contributed by atoms with Gasteiger partial charge in [0.15, 0.2) is 0 Å². The summed E-state index contributed by atoms with van der Waals surface area (Å²) in [6.07, 6.45) is 3.21. The smallest absolute Gasteiger partial charge is 0.0831 e. The molecule has 2 heteroatoms. The predicted octanol–water partition coefficient (Wildman–Crippen LogP) is 2.44. The van der Waals surface area contributed by atoms with Gasteiger partial charge in [0.1, 0.15) is 0 Å². The molecule has 0 aromatic rings. The largest absolute Gasteiger partial charge is 0.411 e. The molecule has 1 saturated carbocycles. The zero-order valence-electron chi connectivity index (χ0n) is 7.83. The van der Waals surface area contributed by atoms with Gasteiger partial charge in [0, 0.05) is 5.92 Å². The molecule has 2 atom stereocenters. The zero-order valence-corrected chi connectivity index (χ0v) is 7.83. The van der Waals surface area contributed by atoms with Crippen molar-refractivity contribution in [2.75, 3.05) is 0 Å². The van der Waals surface area contributed by atoms with Crippen LogP contribution < -0.4 is 0 Å². The fourth-order valence-electron chi connectivity index (χ4n) is 2.73. The molecule has 3 rings (SSSR count). The van der Waals surface area contributed by atoms with Crippen LogP contribution in [0.2, 0.25) is 0 Å². The average Bonchev–Trinajstić information content (AvgIpc) is 2.02. The van der Waals surface area contributed by atoms with Crippen molar-refractivity contribution in [2.45, 2.75) is 27.2 Å². The summed E-state index contributed by atoms with van der Waals surface area (Å²) in [5.74, 6) is 1.20. The van der Waals surface area contributed by atoms with Gasteiger partial charge in [-0.1, -0.05) is 24.6 Å². The maximum atomic E-state index is 8.78. The highest BCUT2D eigenvalue weighted by Crippen LogP contribution is 2.57. The molecular weight excluding hydrogens is 150 g/mol. The molecule has 0 aliphatic heterocycles. The molecular formula is C10H15NO. The Bertz CT molecular complexity index is 276. The van der Waals surface area contributed by atoms with Crippen LogP contribution in [0.1, 0.15) is 27.2 Å².